The molecule has 2 aliphatic rings. The molecule has 4 nitrogen and oxygen atoms in total. The van der Waals surface area contributed by atoms with Crippen LogP contribution in [0.1, 0.15) is 52.9 Å². The minimum Gasteiger partial charge on any atom is -0.497 e. The summed E-state index contributed by atoms with van der Waals surface area (Å²) in [7, 11) is 0. The number of carbonyl (C=O) groups is 1. The second kappa shape index (κ2) is 5.21. The van der Waals surface area contributed by atoms with Gasteiger partial charge in [-0.1, -0.05) is 33.1 Å². The highest BCUT2D eigenvalue weighted by molar-refractivity contribution is 5.67. The zero-order valence-corrected chi connectivity index (χ0v) is 11.5. The molecule has 0 radical (unpaired) electrons. The van der Waals surface area contributed by atoms with Gasteiger partial charge in [0.15, 0.2) is 0 Å². The number of rotatable bonds is 5. The zero-order valence-electron chi connectivity index (χ0n) is 11.5. The molecule has 0 aliphatic carbocycles. The number of hydrogen-bond donors (Lipinski definition) is 0. The van der Waals surface area contributed by atoms with Crippen molar-refractivity contribution in [3.63, 3.8) is 0 Å². The van der Waals surface area contributed by atoms with Crippen LogP contribution in [0.15, 0.2) is 11.3 Å². The molecule has 0 amide bonds. The predicted octanol–water partition coefficient (Wildman–Crippen LogP) is 3.76. The molecule has 1 fully saturated rings. The van der Waals surface area contributed by atoms with Crippen molar-refractivity contribution < 1.29 is 19.0 Å². The fraction of sp³-hybridized carbons (Fsp3) is 0.786. The van der Waals surface area contributed by atoms with E-state index in [4.69, 9.17) is 14.2 Å². The van der Waals surface area contributed by atoms with Gasteiger partial charge in [-0.05, 0) is 13.3 Å². The first-order valence-corrected chi connectivity index (χ1v) is 6.89. The highest BCUT2D eigenvalue weighted by atomic mass is 16.9. The minimum absolute atomic E-state index is 0.122. The van der Waals surface area contributed by atoms with Crippen LogP contribution in [-0.4, -0.2) is 18.5 Å². The summed E-state index contributed by atoms with van der Waals surface area (Å²) < 4.78 is 16.5. The first-order chi connectivity index (χ1) is 8.64. The summed E-state index contributed by atoms with van der Waals surface area (Å²) in [5.74, 6) is 0.195. The Kier molecular flexibility index (Phi) is 3.83. The van der Waals surface area contributed by atoms with E-state index in [0.29, 0.717) is 6.61 Å². The standard InChI is InChI=1S/C14H22O4/c1-4-6-7-8-11-9-16-12(5-2)10(3)14(11)17-13(15)18-14/h11H,4-9H2,1-3H3. The van der Waals surface area contributed by atoms with E-state index in [0.717, 1.165) is 30.6 Å². The molecular weight excluding hydrogens is 232 g/mol. The van der Waals surface area contributed by atoms with Crippen LogP contribution in [0.2, 0.25) is 0 Å². The largest absolute Gasteiger partial charge is 0.515 e. The molecule has 18 heavy (non-hydrogen) atoms. The van der Waals surface area contributed by atoms with Crippen molar-refractivity contribution in [1.29, 1.82) is 0 Å². The van der Waals surface area contributed by atoms with Gasteiger partial charge in [-0.25, -0.2) is 4.79 Å². The monoisotopic (exact) mass is 254 g/mol. The van der Waals surface area contributed by atoms with Gasteiger partial charge >= 0.3 is 6.16 Å². The van der Waals surface area contributed by atoms with Crippen LogP contribution in [0.4, 0.5) is 4.79 Å². The molecule has 0 saturated carbocycles. The molecule has 1 unspecified atom stereocenters. The number of carbonyl (C=O) groups excluding carboxylic acids is 1. The molecule has 0 aromatic heterocycles. The van der Waals surface area contributed by atoms with Crippen LogP contribution in [-0.2, 0) is 14.2 Å². The van der Waals surface area contributed by atoms with E-state index < -0.39 is 11.9 Å². The second-order valence-corrected chi connectivity index (χ2v) is 5.03. The molecule has 1 saturated heterocycles. The van der Waals surface area contributed by atoms with Crippen molar-refractivity contribution in [3.8, 4) is 0 Å². The van der Waals surface area contributed by atoms with Crippen molar-refractivity contribution in [3.05, 3.63) is 11.3 Å². The molecular formula is C14H22O4. The smallest absolute Gasteiger partial charge is 0.497 e. The van der Waals surface area contributed by atoms with Gasteiger partial charge in [0, 0.05) is 12.0 Å². The first kappa shape index (κ1) is 13.2. The summed E-state index contributed by atoms with van der Waals surface area (Å²) in [6, 6.07) is 0. The molecule has 1 atom stereocenters. The maximum absolute atomic E-state index is 11.1. The van der Waals surface area contributed by atoms with E-state index in [2.05, 4.69) is 6.92 Å². The van der Waals surface area contributed by atoms with Gasteiger partial charge in [0.2, 0.25) is 0 Å². The summed E-state index contributed by atoms with van der Waals surface area (Å²) in [6.07, 6.45) is 4.68. The highest BCUT2D eigenvalue weighted by Crippen LogP contribution is 2.46. The predicted molar refractivity (Wildman–Crippen MR) is 66.9 cm³/mol. The van der Waals surface area contributed by atoms with E-state index in [9.17, 15) is 4.79 Å². The van der Waals surface area contributed by atoms with E-state index >= 15 is 0 Å². The van der Waals surface area contributed by atoms with Crippen LogP contribution in [0, 0.1) is 5.92 Å². The number of allylic oxidation sites excluding steroid dienone is 1. The van der Waals surface area contributed by atoms with Crippen LogP contribution < -0.4 is 0 Å². The van der Waals surface area contributed by atoms with Crippen LogP contribution >= 0.6 is 0 Å². The minimum atomic E-state index is -0.825. The lowest BCUT2D eigenvalue weighted by atomic mass is 9.84. The summed E-state index contributed by atoms with van der Waals surface area (Å²) in [5, 5.41) is 0. The third kappa shape index (κ3) is 2.08. The Labute approximate surface area is 108 Å². The van der Waals surface area contributed by atoms with Crippen molar-refractivity contribution in [2.45, 2.75) is 58.7 Å². The van der Waals surface area contributed by atoms with E-state index in [1.54, 1.807) is 0 Å². The molecule has 1 spiro atoms. The molecule has 0 aromatic carbocycles. The van der Waals surface area contributed by atoms with Crippen LogP contribution in [0.3, 0.4) is 0 Å². The van der Waals surface area contributed by atoms with E-state index in [1.807, 2.05) is 13.8 Å². The Balaban J connectivity index is 2.12. The third-order valence-corrected chi connectivity index (χ3v) is 3.88. The Bertz CT molecular complexity index is 351. The second-order valence-electron chi connectivity index (χ2n) is 5.03. The average Bonchev–Trinajstić information content (AvgIpc) is 2.32. The highest BCUT2D eigenvalue weighted by Gasteiger charge is 2.59. The molecule has 2 heterocycles. The molecule has 0 aromatic rings. The van der Waals surface area contributed by atoms with Gasteiger partial charge in [0.05, 0.1) is 12.5 Å². The average molecular weight is 254 g/mol. The van der Waals surface area contributed by atoms with Gasteiger partial charge in [0.1, 0.15) is 5.76 Å². The van der Waals surface area contributed by atoms with E-state index in [-0.39, 0.29) is 5.92 Å². The van der Waals surface area contributed by atoms with Crippen molar-refractivity contribution in [2.75, 3.05) is 6.61 Å². The van der Waals surface area contributed by atoms with Crippen molar-refractivity contribution in [2.24, 2.45) is 5.92 Å². The Morgan fingerprint density at radius 3 is 2.56 bits per heavy atom. The number of hydrogen-bond acceptors (Lipinski definition) is 4. The quantitative estimate of drug-likeness (QED) is 0.553. The SMILES string of the molecule is CCCCCC1COC(CC)=C(C)C12OC(=O)O2. The molecule has 102 valence electrons. The van der Waals surface area contributed by atoms with Gasteiger partial charge in [-0.15, -0.1) is 0 Å². The Hall–Kier alpha value is -1.19. The van der Waals surface area contributed by atoms with Crippen LogP contribution in [0.5, 0.6) is 0 Å². The fourth-order valence-corrected chi connectivity index (χ4v) is 2.78. The lowest BCUT2D eigenvalue weighted by molar-refractivity contribution is -0.289. The lowest BCUT2D eigenvalue weighted by Crippen LogP contribution is -2.59. The van der Waals surface area contributed by atoms with Gasteiger partial charge in [-0.3, -0.25) is 0 Å². The maximum Gasteiger partial charge on any atom is 0.515 e. The normalized spacial score (nSPS) is 25.3. The lowest BCUT2D eigenvalue weighted by Gasteiger charge is -2.48. The zero-order chi connectivity index (χ0) is 13.2. The van der Waals surface area contributed by atoms with Gasteiger partial charge in [0.25, 0.3) is 5.79 Å². The summed E-state index contributed by atoms with van der Waals surface area (Å²) in [5.41, 5.74) is 0.928. The first-order valence-electron chi connectivity index (χ1n) is 6.89. The molecule has 4 heteroatoms. The topological polar surface area (TPSA) is 44.8 Å². The number of unbranched alkanes of at least 4 members (excludes halogenated alkanes) is 2. The molecule has 0 bridgehead atoms. The summed E-state index contributed by atoms with van der Waals surface area (Å²) >= 11 is 0. The van der Waals surface area contributed by atoms with Gasteiger partial charge in [-0.2, -0.15) is 0 Å². The molecule has 2 rings (SSSR count). The van der Waals surface area contributed by atoms with E-state index in [1.165, 1.54) is 12.8 Å². The summed E-state index contributed by atoms with van der Waals surface area (Å²) in [4.78, 5) is 11.1. The Morgan fingerprint density at radius 2 is 2.00 bits per heavy atom. The molecule has 2 aliphatic heterocycles. The van der Waals surface area contributed by atoms with Crippen molar-refractivity contribution in [1.82, 2.24) is 0 Å². The van der Waals surface area contributed by atoms with Crippen molar-refractivity contribution >= 4 is 6.16 Å². The summed E-state index contributed by atoms with van der Waals surface area (Å²) in [6.45, 7) is 6.73. The van der Waals surface area contributed by atoms with Crippen LogP contribution in [0.25, 0.3) is 0 Å². The number of ether oxygens (including phenoxy) is 3. The maximum atomic E-state index is 11.1. The fourth-order valence-electron chi connectivity index (χ4n) is 2.78. The van der Waals surface area contributed by atoms with Gasteiger partial charge < -0.3 is 14.2 Å². The third-order valence-electron chi connectivity index (χ3n) is 3.88. The Morgan fingerprint density at radius 1 is 1.28 bits per heavy atom. The molecule has 0 N–H and O–H groups in total.